The molecule has 18 heavy (non-hydrogen) atoms. The highest BCUT2D eigenvalue weighted by molar-refractivity contribution is 9.10. The number of imidazole rings is 1. The minimum atomic E-state index is 0.370. The molecule has 1 heterocycles. The second-order valence-corrected chi connectivity index (χ2v) is 5.04. The van der Waals surface area contributed by atoms with Crippen LogP contribution in [-0.2, 0) is 20.2 Å². The van der Waals surface area contributed by atoms with E-state index in [0.29, 0.717) is 18.3 Å². The number of halogens is 2. The van der Waals surface area contributed by atoms with Gasteiger partial charge in [-0.05, 0) is 23.8 Å². The van der Waals surface area contributed by atoms with Crippen LogP contribution in [0.4, 0.5) is 0 Å². The smallest absolute Gasteiger partial charge is 0.147 e. The quantitative estimate of drug-likeness (QED) is 0.938. The van der Waals surface area contributed by atoms with Gasteiger partial charge in [-0.15, -0.1) is 0 Å². The van der Waals surface area contributed by atoms with E-state index in [9.17, 15) is 0 Å². The summed E-state index contributed by atoms with van der Waals surface area (Å²) in [5.74, 6) is 1.54. The Morgan fingerprint density at radius 1 is 1.50 bits per heavy atom. The average molecular weight is 331 g/mol. The average Bonchev–Trinajstić information content (AvgIpc) is 2.69. The van der Waals surface area contributed by atoms with Crippen molar-refractivity contribution in [1.82, 2.24) is 9.55 Å². The summed E-state index contributed by atoms with van der Waals surface area (Å²) in [7, 11) is 1.85. The number of aromatic nitrogens is 2. The van der Waals surface area contributed by atoms with Crippen LogP contribution < -0.4 is 10.5 Å². The van der Waals surface area contributed by atoms with Crippen molar-refractivity contribution in [2.24, 2.45) is 12.8 Å². The summed E-state index contributed by atoms with van der Waals surface area (Å²) in [5.41, 5.74) is 6.64. The van der Waals surface area contributed by atoms with Gasteiger partial charge in [0.1, 0.15) is 23.3 Å². The third-order valence-electron chi connectivity index (χ3n) is 2.63. The predicted molar refractivity (Wildman–Crippen MR) is 74.6 cm³/mol. The van der Waals surface area contributed by atoms with Crippen LogP contribution >= 0.6 is 27.5 Å². The van der Waals surface area contributed by atoms with Crippen LogP contribution in [0.5, 0.6) is 5.75 Å². The molecular formula is C12H13BrClN3O. The number of ether oxygens (including phenoxy) is 1. The fraction of sp³-hybridized carbons (Fsp3) is 0.250. The molecule has 0 spiro atoms. The molecule has 0 aliphatic heterocycles. The Hall–Kier alpha value is -1.04. The second-order valence-electron chi connectivity index (χ2n) is 3.80. The molecule has 1 aromatic heterocycles. The molecule has 2 rings (SSSR count). The molecule has 0 unspecified atom stereocenters. The first kappa shape index (κ1) is 13.4. The number of hydrogen-bond acceptors (Lipinski definition) is 3. The molecule has 0 saturated heterocycles. The monoisotopic (exact) mass is 329 g/mol. The normalized spacial score (nSPS) is 10.7. The Bertz CT molecular complexity index is 556. The molecule has 1 aromatic carbocycles. The van der Waals surface area contributed by atoms with Crippen molar-refractivity contribution in [2.75, 3.05) is 0 Å². The molecule has 2 N–H and O–H groups in total. The van der Waals surface area contributed by atoms with Crippen LogP contribution in [0.3, 0.4) is 0 Å². The van der Waals surface area contributed by atoms with E-state index in [1.807, 2.05) is 25.2 Å². The zero-order valence-electron chi connectivity index (χ0n) is 9.86. The summed E-state index contributed by atoms with van der Waals surface area (Å²) in [4.78, 5) is 4.16. The maximum atomic E-state index is 5.90. The van der Waals surface area contributed by atoms with E-state index in [-0.39, 0.29) is 0 Å². The van der Waals surface area contributed by atoms with Gasteiger partial charge < -0.3 is 15.0 Å². The topological polar surface area (TPSA) is 53.1 Å². The van der Waals surface area contributed by atoms with Crippen molar-refractivity contribution in [3.63, 3.8) is 0 Å². The lowest BCUT2D eigenvalue weighted by atomic mass is 10.2. The minimum Gasteiger partial charge on any atom is -0.486 e. The molecule has 96 valence electrons. The summed E-state index contributed by atoms with van der Waals surface area (Å²) in [6.45, 7) is 0.834. The molecule has 0 radical (unpaired) electrons. The van der Waals surface area contributed by atoms with Gasteiger partial charge in [0.2, 0.25) is 0 Å². The first-order chi connectivity index (χ1) is 8.61. The number of nitrogens with two attached hydrogens (primary N) is 1. The predicted octanol–water partition coefficient (Wildman–Crippen LogP) is 2.87. The summed E-state index contributed by atoms with van der Waals surface area (Å²) < 4.78 is 8.43. The molecule has 0 atom stereocenters. The van der Waals surface area contributed by atoms with E-state index >= 15 is 0 Å². The second kappa shape index (κ2) is 5.73. The van der Waals surface area contributed by atoms with Gasteiger partial charge in [0.25, 0.3) is 0 Å². The standard InChI is InChI=1S/C12H13BrClN3O/c1-17-11(14)6-16-12(17)7-18-9-2-3-10(13)8(4-9)5-15/h2-4,6H,5,7,15H2,1H3. The van der Waals surface area contributed by atoms with Crippen molar-refractivity contribution in [3.8, 4) is 5.75 Å². The van der Waals surface area contributed by atoms with Crippen molar-refractivity contribution in [1.29, 1.82) is 0 Å². The number of nitrogens with zero attached hydrogens (tertiary/aromatic N) is 2. The SMILES string of the molecule is Cn1c(Cl)cnc1COc1ccc(Br)c(CN)c1. The highest BCUT2D eigenvalue weighted by Crippen LogP contribution is 2.23. The van der Waals surface area contributed by atoms with Gasteiger partial charge >= 0.3 is 0 Å². The Morgan fingerprint density at radius 3 is 2.89 bits per heavy atom. The van der Waals surface area contributed by atoms with Gasteiger partial charge in [0.05, 0.1) is 6.20 Å². The lowest BCUT2D eigenvalue weighted by Gasteiger charge is -2.09. The molecule has 0 amide bonds. The van der Waals surface area contributed by atoms with E-state index in [1.165, 1.54) is 0 Å². The molecular weight excluding hydrogens is 318 g/mol. The van der Waals surface area contributed by atoms with Crippen LogP contribution in [0.25, 0.3) is 0 Å². The van der Waals surface area contributed by atoms with E-state index in [0.717, 1.165) is 21.6 Å². The summed E-state index contributed by atoms with van der Waals surface area (Å²) >= 11 is 9.33. The zero-order valence-corrected chi connectivity index (χ0v) is 12.2. The van der Waals surface area contributed by atoms with E-state index in [2.05, 4.69) is 20.9 Å². The van der Waals surface area contributed by atoms with Crippen molar-refractivity contribution in [2.45, 2.75) is 13.2 Å². The van der Waals surface area contributed by atoms with Crippen LogP contribution in [0.15, 0.2) is 28.9 Å². The van der Waals surface area contributed by atoms with Gasteiger partial charge in [0, 0.05) is 18.1 Å². The number of benzene rings is 1. The Kier molecular flexibility index (Phi) is 4.27. The molecule has 0 saturated carbocycles. The maximum absolute atomic E-state index is 5.90. The van der Waals surface area contributed by atoms with Crippen LogP contribution in [0.2, 0.25) is 5.15 Å². The van der Waals surface area contributed by atoms with Gasteiger partial charge in [-0.25, -0.2) is 4.98 Å². The van der Waals surface area contributed by atoms with Crippen LogP contribution in [0.1, 0.15) is 11.4 Å². The highest BCUT2D eigenvalue weighted by Gasteiger charge is 2.06. The van der Waals surface area contributed by atoms with Gasteiger partial charge in [0.15, 0.2) is 0 Å². The van der Waals surface area contributed by atoms with Gasteiger partial charge in [-0.1, -0.05) is 27.5 Å². The summed E-state index contributed by atoms with van der Waals surface area (Å²) in [5, 5.41) is 0.590. The molecule has 0 aliphatic rings. The maximum Gasteiger partial charge on any atom is 0.147 e. The minimum absolute atomic E-state index is 0.370. The fourth-order valence-electron chi connectivity index (χ4n) is 1.50. The molecule has 0 aliphatic carbocycles. The van der Waals surface area contributed by atoms with Gasteiger partial charge in [-0.3, -0.25) is 0 Å². The summed E-state index contributed by atoms with van der Waals surface area (Å²) in [6.07, 6.45) is 1.60. The first-order valence-corrected chi connectivity index (χ1v) is 6.56. The lowest BCUT2D eigenvalue weighted by Crippen LogP contribution is -2.04. The number of hydrogen-bond donors (Lipinski definition) is 1. The Morgan fingerprint density at radius 2 is 2.28 bits per heavy atom. The van der Waals surface area contributed by atoms with Crippen molar-refractivity contribution >= 4 is 27.5 Å². The zero-order chi connectivity index (χ0) is 13.1. The van der Waals surface area contributed by atoms with E-state index in [1.54, 1.807) is 10.8 Å². The molecule has 0 fully saturated rings. The summed E-state index contributed by atoms with van der Waals surface area (Å²) in [6, 6.07) is 5.71. The fourth-order valence-corrected chi connectivity index (χ4v) is 2.06. The van der Waals surface area contributed by atoms with E-state index < -0.39 is 0 Å². The first-order valence-electron chi connectivity index (χ1n) is 5.39. The Balaban J connectivity index is 2.08. The molecule has 0 bridgehead atoms. The largest absolute Gasteiger partial charge is 0.486 e. The highest BCUT2D eigenvalue weighted by atomic mass is 79.9. The molecule has 4 nitrogen and oxygen atoms in total. The van der Waals surface area contributed by atoms with Gasteiger partial charge in [-0.2, -0.15) is 0 Å². The third kappa shape index (κ3) is 2.85. The van der Waals surface area contributed by atoms with Crippen molar-refractivity contribution in [3.05, 3.63) is 45.4 Å². The third-order valence-corrected chi connectivity index (χ3v) is 3.76. The lowest BCUT2D eigenvalue weighted by molar-refractivity contribution is 0.291. The van der Waals surface area contributed by atoms with Crippen molar-refractivity contribution < 1.29 is 4.74 Å². The van der Waals surface area contributed by atoms with E-state index in [4.69, 9.17) is 22.1 Å². The molecule has 2 aromatic rings. The van der Waals surface area contributed by atoms with Crippen LogP contribution in [0, 0.1) is 0 Å². The molecule has 6 heteroatoms. The Labute approximate surface area is 119 Å². The van der Waals surface area contributed by atoms with Crippen LogP contribution in [-0.4, -0.2) is 9.55 Å². The number of rotatable bonds is 4.